The van der Waals surface area contributed by atoms with Gasteiger partial charge in [0.15, 0.2) is 0 Å². The number of benzene rings is 1. The summed E-state index contributed by atoms with van der Waals surface area (Å²) < 4.78 is 18.0. The molecule has 4 heterocycles. The number of nitrogens with zero attached hydrogens (tertiary/aromatic N) is 8. The van der Waals surface area contributed by atoms with E-state index in [1.807, 2.05) is 18.2 Å². The van der Waals surface area contributed by atoms with Gasteiger partial charge in [0.2, 0.25) is 0 Å². The van der Waals surface area contributed by atoms with E-state index in [1.165, 1.54) is 22.0 Å². The van der Waals surface area contributed by atoms with Crippen molar-refractivity contribution in [3.05, 3.63) is 66.4 Å². The van der Waals surface area contributed by atoms with Gasteiger partial charge >= 0.3 is 6.09 Å². The highest BCUT2D eigenvalue weighted by Crippen LogP contribution is 2.24. The third-order valence-corrected chi connectivity index (χ3v) is 5.26. The molecule has 1 aliphatic rings. The summed E-state index contributed by atoms with van der Waals surface area (Å²) >= 11 is 0. The van der Waals surface area contributed by atoms with E-state index in [0.29, 0.717) is 43.0 Å². The van der Waals surface area contributed by atoms with Gasteiger partial charge in [0.1, 0.15) is 12.1 Å². The van der Waals surface area contributed by atoms with E-state index in [-0.39, 0.29) is 5.82 Å². The van der Waals surface area contributed by atoms with Crippen LogP contribution < -0.4 is 0 Å². The molecule has 1 N–H and O–H groups in total. The Bertz CT molecular complexity index is 1280. The maximum Gasteiger partial charge on any atom is 0.407 e. The van der Waals surface area contributed by atoms with Gasteiger partial charge in [-0.3, -0.25) is 9.97 Å². The summed E-state index contributed by atoms with van der Waals surface area (Å²) in [6.45, 7) is 1.14. The first kappa shape index (κ1) is 18.9. The number of halogens is 1. The maximum atomic E-state index is 14.8. The number of aromatic nitrogens is 7. The summed E-state index contributed by atoms with van der Waals surface area (Å²) in [7, 11) is 0. The lowest BCUT2D eigenvalue weighted by atomic mass is 10.1. The molecule has 0 bridgehead atoms. The number of hydrogen-bond donors (Lipinski definition) is 1. The fraction of sp³-hybridized carbons (Fsp3) is 0.200. The number of carbonyl (C=O) groups is 1. The van der Waals surface area contributed by atoms with Crippen molar-refractivity contribution < 1.29 is 14.3 Å². The van der Waals surface area contributed by atoms with E-state index in [1.54, 1.807) is 23.2 Å². The minimum absolute atomic E-state index is 0.343. The minimum atomic E-state index is -0.923. The predicted octanol–water partition coefficient (Wildman–Crippen LogP) is 2.36. The highest BCUT2D eigenvalue weighted by molar-refractivity contribution is 5.83. The van der Waals surface area contributed by atoms with Crippen molar-refractivity contribution in [2.24, 2.45) is 0 Å². The predicted molar refractivity (Wildman–Crippen MR) is 108 cm³/mol. The van der Waals surface area contributed by atoms with E-state index < -0.39 is 6.09 Å². The van der Waals surface area contributed by atoms with Crippen molar-refractivity contribution >= 4 is 22.6 Å². The van der Waals surface area contributed by atoms with E-state index in [0.717, 1.165) is 16.7 Å². The molecule has 1 amide bonds. The second kappa shape index (κ2) is 7.59. The van der Waals surface area contributed by atoms with E-state index >= 15 is 0 Å². The van der Waals surface area contributed by atoms with Crippen molar-refractivity contribution in [3.63, 3.8) is 0 Å². The molecule has 4 aromatic rings. The van der Waals surface area contributed by atoms with Gasteiger partial charge < -0.3 is 14.6 Å². The van der Waals surface area contributed by atoms with Crippen LogP contribution in [0.5, 0.6) is 0 Å². The van der Waals surface area contributed by atoms with Crippen LogP contribution in [0.1, 0.15) is 17.8 Å². The lowest BCUT2D eigenvalue weighted by molar-refractivity contribution is 0.150. The van der Waals surface area contributed by atoms with Crippen molar-refractivity contribution in [3.8, 4) is 5.69 Å². The Kier molecular flexibility index (Phi) is 4.62. The molecular weight excluding hydrogens is 403 g/mol. The second-order valence-electron chi connectivity index (χ2n) is 7.16. The summed E-state index contributed by atoms with van der Waals surface area (Å²) in [6, 6.07) is 5.03. The Labute approximate surface area is 175 Å². The molecule has 5 rings (SSSR count). The van der Waals surface area contributed by atoms with Gasteiger partial charge in [0.05, 0.1) is 41.5 Å². The van der Waals surface area contributed by atoms with Crippen LogP contribution in [0.3, 0.4) is 0 Å². The van der Waals surface area contributed by atoms with Crippen LogP contribution in [0, 0.1) is 5.82 Å². The van der Waals surface area contributed by atoms with Crippen LogP contribution in [-0.2, 0) is 6.54 Å². The molecule has 0 spiro atoms. The fourth-order valence-electron chi connectivity index (χ4n) is 3.68. The van der Waals surface area contributed by atoms with Gasteiger partial charge in [0.25, 0.3) is 0 Å². The highest BCUT2D eigenvalue weighted by Gasteiger charge is 2.18. The first-order valence-electron chi connectivity index (χ1n) is 9.58. The third-order valence-electron chi connectivity index (χ3n) is 5.26. The van der Waals surface area contributed by atoms with E-state index in [2.05, 4.69) is 25.5 Å². The molecule has 10 nitrogen and oxygen atoms in total. The van der Waals surface area contributed by atoms with Crippen LogP contribution in [-0.4, -0.2) is 63.9 Å². The number of carboxylic acid groups (broad SMARTS) is 1. The molecule has 0 aliphatic carbocycles. The van der Waals surface area contributed by atoms with Gasteiger partial charge in [-0.1, -0.05) is 6.08 Å². The molecule has 1 aromatic carbocycles. The smallest absolute Gasteiger partial charge is 0.407 e. The minimum Gasteiger partial charge on any atom is -0.465 e. The largest absolute Gasteiger partial charge is 0.465 e. The number of tetrazole rings is 1. The monoisotopic (exact) mass is 420 g/mol. The Hall–Kier alpha value is -4.15. The molecule has 0 unspecified atom stereocenters. The van der Waals surface area contributed by atoms with Crippen molar-refractivity contribution in [2.75, 3.05) is 13.1 Å². The summed E-state index contributed by atoms with van der Waals surface area (Å²) in [5.74, 6) is -0.382. The number of amides is 1. The van der Waals surface area contributed by atoms with Gasteiger partial charge in [-0.2, -0.15) is 0 Å². The zero-order valence-corrected chi connectivity index (χ0v) is 16.3. The van der Waals surface area contributed by atoms with Crippen molar-refractivity contribution in [1.82, 2.24) is 39.6 Å². The van der Waals surface area contributed by atoms with Crippen LogP contribution in [0.2, 0.25) is 0 Å². The fourth-order valence-corrected chi connectivity index (χ4v) is 3.68. The topological polar surface area (TPSA) is 115 Å². The Morgan fingerprint density at radius 1 is 1.23 bits per heavy atom. The molecule has 3 aromatic heterocycles. The molecule has 0 atom stereocenters. The average Bonchev–Trinajstić information content (AvgIpc) is 3.45. The molecule has 0 fully saturated rings. The zero-order chi connectivity index (χ0) is 21.4. The van der Waals surface area contributed by atoms with Crippen LogP contribution in [0.25, 0.3) is 22.2 Å². The molecule has 0 saturated carbocycles. The standard InChI is InChI=1S/C20H17FN8O2/c21-17-8-16(29-12-24-25-26-29)7-14-3-6-28(19(14)17)11-15-9-23-18(10-22-15)13-1-4-27(5-2-13)20(30)31/h1,3,6-10,12H,2,4-5,11H2,(H,30,31). The average molecular weight is 420 g/mol. The Balaban J connectivity index is 1.36. The molecule has 1 aliphatic heterocycles. The van der Waals surface area contributed by atoms with Crippen molar-refractivity contribution in [1.29, 1.82) is 0 Å². The summed E-state index contributed by atoms with van der Waals surface area (Å²) in [5.41, 5.74) is 3.40. The Morgan fingerprint density at radius 3 is 2.81 bits per heavy atom. The first-order chi connectivity index (χ1) is 15.1. The van der Waals surface area contributed by atoms with Gasteiger partial charge in [-0.05, 0) is 34.6 Å². The molecule has 11 heteroatoms. The highest BCUT2D eigenvalue weighted by atomic mass is 19.1. The zero-order valence-electron chi connectivity index (χ0n) is 16.3. The third kappa shape index (κ3) is 3.61. The normalized spacial score (nSPS) is 14.1. The second-order valence-corrected chi connectivity index (χ2v) is 7.16. The van der Waals surface area contributed by atoms with Crippen LogP contribution in [0.4, 0.5) is 9.18 Å². The summed E-state index contributed by atoms with van der Waals surface area (Å²) in [5, 5.41) is 20.7. The molecule has 0 saturated heterocycles. The summed E-state index contributed by atoms with van der Waals surface area (Å²) in [4.78, 5) is 21.3. The molecular formula is C20H17FN8O2. The SMILES string of the molecule is O=C(O)N1CC=C(c2cnc(Cn3ccc4cc(-n5cnnn5)cc(F)c43)cn2)CC1. The number of fused-ring (bicyclic) bond motifs is 1. The van der Waals surface area contributed by atoms with Crippen molar-refractivity contribution in [2.45, 2.75) is 13.0 Å². The van der Waals surface area contributed by atoms with Crippen LogP contribution in [0.15, 0.2) is 49.2 Å². The quantitative estimate of drug-likeness (QED) is 0.539. The first-order valence-corrected chi connectivity index (χ1v) is 9.58. The number of hydrogen-bond acceptors (Lipinski definition) is 6. The van der Waals surface area contributed by atoms with E-state index in [4.69, 9.17) is 5.11 Å². The molecule has 156 valence electrons. The molecule has 0 radical (unpaired) electrons. The van der Waals surface area contributed by atoms with Gasteiger partial charge in [0, 0.05) is 30.7 Å². The summed E-state index contributed by atoms with van der Waals surface area (Å²) in [6.07, 6.45) is 8.09. The molecule has 31 heavy (non-hydrogen) atoms. The Morgan fingerprint density at radius 2 is 2.13 bits per heavy atom. The van der Waals surface area contributed by atoms with E-state index in [9.17, 15) is 9.18 Å². The van der Waals surface area contributed by atoms with Gasteiger partial charge in [-0.15, -0.1) is 5.10 Å². The lowest BCUT2D eigenvalue weighted by Gasteiger charge is -2.23. The van der Waals surface area contributed by atoms with Gasteiger partial charge in [-0.25, -0.2) is 13.9 Å². The lowest BCUT2D eigenvalue weighted by Crippen LogP contribution is -2.33. The number of rotatable bonds is 4. The maximum absolute atomic E-state index is 14.8. The van der Waals surface area contributed by atoms with Crippen LogP contribution >= 0.6 is 0 Å².